The lowest BCUT2D eigenvalue weighted by atomic mass is 9.97. The van der Waals surface area contributed by atoms with Crippen LogP contribution in [0.5, 0.6) is 0 Å². The Morgan fingerprint density at radius 2 is 1.85 bits per heavy atom. The molecule has 8 nitrogen and oxygen atoms in total. The van der Waals surface area contributed by atoms with Gasteiger partial charge in [-0.2, -0.15) is 0 Å². The molecule has 0 unspecified atom stereocenters. The lowest BCUT2D eigenvalue weighted by Gasteiger charge is -2.31. The minimum Gasteiger partial charge on any atom is -0.469 e. The number of methoxy groups -OCH3 is 1. The lowest BCUT2D eigenvalue weighted by molar-refractivity contribution is -0.148. The summed E-state index contributed by atoms with van der Waals surface area (Å²) in [5.74, 6) is -1.31. The Balaban J connectivity index is 1.59. The largest absolute Gasteiger partial charge is 0.469 e. The van der Waals surface area contributed by atoms with Crippen LogP contribution in [-0.4, -0.2) is 62.2 Å². The minimum absolute atomic E-state index is 0.0173. The summed E-state index contributed by atoms with van der Waals surface area (Å²) in [5, 5.41) is 0. The SMILES string of the molecule is COC(=O)C1CCN(C(=O)CCN2C(=O)c3ccccc3S2(=O)=O)CC1. The van der Waals surface area contributed by atoms with Gasteiger partial charge in [-0.15, -0.1) is 0 Å². The number of benzene rings is 1. The second-order valence-electron chi connectivity index (χ2n) is 6.31. The van der Waals surface area contributed by atoms with Crippen molar-refractivity contribution in [1.29, 1.82) is 0 Å². The number of hydrogen-bond donors (Lipinski definition) is 0. The van der Waals surface area contributed by atoms with Crippen molar-refractivity contribution in [2.45, 2.75) is 24.2 Å². The fraction of sp³-hybridized carbons (Fsp3) is 0.471. The quantitative estimate of drug-likeness (QED) is 0.710. The van der Waals surface area contributed by atoms with Crippen molar-refractivity contribution in [3.63, 3.8) is 0 Å². The van der Waals surface area contributed by atoms with Crippen LogP contribution in [0.3, 0.4) is 0 Å². The predicted octanol–water partition coefficient (Wildman–Crippen LogP) is 0.633. The summed E-state index contributed by atoms with van der Waals surface area (Å²) in [6.07, 6.45) is 0.956. The molecule has 3 rings (SSSR count). The first-order chi connectivity index (χ1) is 12.4. The molecule has 0 aromatic heterocycles. The number of piperidine rings is 1. The molecule has 0 saturated carbocycles. The fourth-order valence-corrected chi connectivity index (χ4v) is 4.91. The van der Waals surface area contributed by atoms with E-state index in [2.05, 4.69) is 0 Å². The Bertz CT molecular complexity index is 843. The number of esters is 1. The molecule has 1 aromatic carbocycles. The van der Waals surface area contributed by atoms with Gasteiger partial charge < -0.3 is 9.64 Å². The molecule has 0 N–H and O–H groups in total. The number of hydrogen-bond acceptors (Lipinski definition) is 6. The van der Waals surface area contributed by atoms with E-state index in [0.717, 1.165) is 4.31 Å². The van der Waals surface area contributed by atoms with E-state index in [9.17, 15) is 22.8 Å². The summed E-state index contributed by atoms with van der Waals surface area (Å²) >= 11 is 0. The molecular weight excluding hydrogens is 360 g/mol. The highest BCUT2D eigenvalue weighted by molar-refractivity contribution is 7.90. The fourth-order valence-electron chi connectivity index (χ4n) is 3.34. The van der Waals surface area contributed by atoms with Gasteiger partial charge in [-0.1, -0.05) is 12.1 Å². The van der Waals surface area contributed by atoms with Crippen molar-refractivity contribution < 1.29 is 27.5 Å². The van der Waals surface area contributed by atoms with E-state index in [-0.39, 0.29) is 41.2 Å². The van der Waals surface area contributed by atoms with Crippen LogP contribution in [0.4, 0.5) is 0 Å². The Morgan fingerprint density at radius 3 is 2.46 bits per heavy atom. The molecule has 140 valence electrons. The maximum Gasteiger partial charge on any atom is 0.308 e. The normalized spacial score (nSPS) is 19.3. The number of sulfonamides is 1. The molecule has 1 fully saturated rings. The topological polar surface area (TPSA) is 101 Å². The van der Waals surface area contributed by atoms with Crippen LogP contribution in [0, 0.1) is 5.92 Å². The predicted molar refractivity (Wildman–Crippen MR) is 90.6 cm³/mol. The summed E-state index contributed by atoms with van der Waals surface area (Å²) in [6.45, 7) is 0.644. The van der Waals surface area contributed by atoms with Crippen LogP contribution >= 0.6 is 0 Å². The van der Waals surface area contributed by atoms with Crippen molar-refractivity contribution in [1.82, 2.24) is 9.21 Å². The van der Waals surface area contributed by atoms with Gasteiger partial charge in [0.05, 0.1) is 18.6 Å². The molecule has 2 aliphatic rings. The average Bonchev–Trinajstić information content (AvgIpc) is 2.85. The molecule has 2 heterocycles. The highest BCUT2D eigenvalue weighted by atomic mass is 32.2. The van der Waals surface area contributed by atoms with Crippen LogP contribution in [0.15, 0.2) is 29.2 Å². The molecule has 9 heteroatoms. The van der Waals surface area contributed by atoms with Gasteiger partial charge in [0.1, 0.15) is 4.90 Å². The molecule has 1 saturated heterocycles. The van der Waals surface area contributed by atoms with E-state index in [0.29, 0.717) is 25.9 Å². The van der Waals surface area contributed by atoms with E-state index in [1.807, 2.05) is 0 Å². The first-order valence-corrected chi connectivity index (χ1v) is 9.82. The zero-order valence-electron chi connectivity index (χ0n) is 14.4. The van der Waals surface area contributed by atoms with Crippen molar-refractivity contribution in [2.75, 3.05) is 26.7 Å². The molecule has 0 spiro atoms. The summed E-state index contributed by atoms with van der Waals surface area (Å²) < 4.78 is 30.4. The van der Waals surface area contributed by atoms with Crippen LogP contribution in [-0.2, 0) is 24.3 Å². The first-order valence-electron chi connectivity index (χ1n) is 8.38. The summed E-state index contributed by atoms with van der Waals surface area (Å²) in [6, 6.07) is 6.02. The van der Waals surface area contributed by atoms with Gasteiger partial charge in [0.2, 0.25) is 5.91 Å². The number of fused-ring (bicyclic) bond motifs is 1. The molecule has 0 aliphatic carbocycles. The molecule has 2 aliphatic heterocycles. The van der Waals surface area contributed by atoms with E-state index in [1.165, 1.54) is 19.2 Å². The maximum absolute atomic E-state index is 12.5. The molecule has 0 atom stereocenters. The van der Waals surface area contributed by atoms with Crippen molar-refractivity contribution in [2.24, 2.45) is 5.92 Å². The Labute approximate surface area is 151 Å². The van der Waals surface area contributed by atoms with Crippen molar-refractivity contribution in [3.8, 4) is 0 Å². The summed E-state index contributed by atoms with van der Waals surface area (Å²) in [5.41, 5.74) is 0.138. The molecule has 0 radical (unpaired) electrons. The standard InChI is InChI=1S/C17H20N2O6S/c1-25-17(22)12-6-9-18(10-7-12)15(20)8-11-19-16(21)13-4-2-3-5-14(13)26(19,23)24/h2-5,12H,6-11H2,1H3. The number of likely N-dealkylation sites (tertiary alicyclic amines) is 1. The van der Waals surface area contributed by atoms with Gasteiger partial charge >= 0.3 is 5.97 Å². The molecule has 26 heavy (non-hydrogen) atoms. The lowest BCUT2D eigenvalue weighted by Crippen LogP contribution is -2.42. The third-order valence-corrected chi connectivity index (χ3v) is 6.66. The second-order valence-corrected chi connectivity index (χ2v) is 8.14. The van der Waals surface area contributed by atoms with E-state index in [4.69, 9.17) is 4.74 Å². The Kier molecular flexibility index (Phi) is 4.99. The first kappa shape index (κ1) is 18.4. The third-order valence-electron chi connectivity index (χ3n) is 4.82. The number of nitrogens with zero attached hydrogens (tertiary/aromatic N) is 2. The van der Waals surface area contributed by atoms with Gasteiger partial charge in [-0.25, -0.2) is 12.7 Å². The molecule has 0 bridgehead atoms. The highest BCUT2D eigenvalue weighted by Gasteiger charge is 2.41. The Hall–Kier alpha value is -2.42. The van der Waals surface area contributed by atoms with E-state index >= 15 is 0 Å². The van der Waals surface area contributed by atoms with Gasteiger partial charge in [0, 0.05) is 26.1 Å². The Morgan fingerprint density at radius 1 is 1.19 bits per heavy atom. The van der Waals surface area contributed by atoms with Crippen LogP contribution in [0.2, 0.25) is 0 Å². The third kappa shape index (κ3) is 3.18. The number of carbonyl (C=O) groups is 3. The van der Waals surface area contributed by atoms with Crippen LogP contribution in [0.25, 0.3) is 0 Å². The van der Waals surface area contributed by atoms with Crippen molar-refractivity contribution >= 4 is 27.8 Å². The van der Waals surface area contributed by atoms with Gasteiger partial charge in [0.25, 0.3) is 15.9 Å². The van der Waals surface area contributed by atoms with Crippen LogP contribution in [0.1, 0.15) is 29.6 Å². The minimum atomic E-state index is -3.89. The smallest absolute Gasteiger partial charge is 0.308 e. The summed E-state index contributed by atoms with van der Waals surface area (Å²) in [4.78, 5) is 37.8. The number of carbonyl (C=O) groups excluding carboxylic acids is 3. The van der Waals surface area contributed by atoms with Gasteiger partial charge in [-0.05, 0) is 25.0 Å². The van der Waals surface area contributed by atoms with Crippen LogP contribution < -0.4 is 0 Å². The summed E-state index contributed by atoms with van der Waals surface area (Å²) in [7, 11) is -2.55. The van der Waals surface area contributed by atoms with Crippen molar-refractivity contribution in [3.05, 3.63) is 29.8 Å². The number of ether oxygens (including phenoxy) is 1. The van der Waals surface area contributed by atoms with E-state index in [1.54, 1.807) is 17.0 Å². The average molecular weight is 380 g/mol. The second kappa shape index (κ2) is 7.06. The number of rotatable bonds is 4. The molecule has 1 aromatic rings. The maximum atomic E-state index is 12.5. The zero-order chi connectivity index (χ0) is 18.9. The molecular formula is C17H20N2O6S. The molecule has 2 amide bonds. The monoisotopic (exact) mass is 380 g/mol. The zero-order valence-corrected chi connectivity index (χ0v) is 15.2. The highest BCUT2D eigenvalue weighted by Crippen LogP contribution is 2.30. The van der Waals surface area contributed by atoms with E-state index < -0.39 is 15.9 Å². The van der Waals surface area contributed by atoms with Gasteiger partial charge in [-0.3, -0.25) is 14.4 Å². The number of amides is 2. The van der Waals surface area contributed by atoms with Gasteiger partial charge in [0.15, 0.2) is 0 Å².